The molecule has 0 fully saturated rings. The summed E-state index contributed by atoms with van der Waals surface area (Å²) in [6.07, 6.45) is 0.947. The number of aryl methyl sites for hydroxylation is 1. The van der Waals surface area contributed by atoms with E-state index in [1.165, 1.54) is 17.3 Å². The van der Waals surface area contributed by atoms with E-state index in [0.29, 0.717) is 21.9 Å². The summed E-state index contributed by atoms with van der Waals surface area (Å²) in [6.45, 7) is 2.09. The lowest BCUT2D eigenvalue weighted by Crippen LogP contribution is -2.23. The van der Waals surface area contributed by atoms with E-state index in [4.69, 9.17) is 4.98 Å². The van der Waals surface area contributed by atoms with Crippen molar-refractivity contribution in [1.82, 2.24) is 14.5 Å². The van der Waals surface area contributed by atoms with Crippen LogP contribution in [-0.4, -0.2) is 26.2 Å². The summed E-state index contributed by atoms with van der Waals surface area (Å²) >= 11 is 1.24. The molecule has 5 rings (SSSR count). The molecule has 0 saturated heterocycles. The third-order valence-corrected chi connectivity index (χ3v) is 6.43. The zero-order chi connectivity index (χ0) is 22.8. The van der Waals surface area contributed by atoms with Gasteiger partial charge in [0.05, 0.1) is 11.4 Å². The second-order valence-electron chi connectivity index (χ2n) is 7.65. The highest BCUT2D eigenvalue weighted by atomic mass is 32.2. The van der Waals surface area contributed by atoms with Gasteiger partial charge in [0.15, 0.2) is 5.16 Å². The van der Waals surface area contributed by atoms with E-state index >= 15 is 0 Å². The molecule has 0 radical (unpaired) electrons. The number of rotatable bonds is 6. The number of H-pyrrole nitrogens is 1. The van der Waals surface area contributed by atoms with Gasteiger partial charge in [0, 0.05) is 16.6 Å². The van der Waals surface area contributed by atoms with Gasteiger partial charge in [-0.15, -0.1) is 0 Å². The number of thioether (sulfide) groups is 1. The minimum Gasteiger partial charge on any atom is -0.349 e. The van der Waals surface area contributed by atoms with Crippen molar-refractivity contribution in [3.8, 4) is 5.69 Å². The Labute approximate surface area is 194 Å². The molecule has 0 saturated carbocycles. The molecule has 0 unspecified atom stereocenters. The van der Waals surface area contributed by atoms with Gasteiger partial charge in [-0.05, 0) is 42.3 Å². The minimum absolute atomic E-state index is 0.128. The van der Waals surface area contributed by atoms with Gasteiger partial charge in [-0.25, -0.2) is 4.98 Å². The van der Waals surface area contributed by atoms with Gasteiger partial charge in [0.2, 0.25) is 5.91 Å². The summed E-state index contributed by atoms with van der Waals surface area (Å²) in [5, 5.41) is 4.27. The molecule has 0 spiro atoms. The first-order valence-corrected chi connectivity index (χ1v) is 11.7. The first kappa shape index (κ1) is 21.0. The molecule has 2 N–H and O–H groups in total. The van der Waals surface area contributed by atoms with E-state index in [0.717, 1.165) is 23.0 Å². The smallest absolute Gasteiger partial charge is 0.283 e. The number of fused-ring (bicyclic) bond motifs is 3. The SMILES string of the molecule is CCc1ccc(NC(=O)CSc2nc3c([nH]c4ccccc43)c(=O)n2-c2ccccc2)cc1. The van der Waals surface area contributed by atoms with Crippen molar-refractivity contribution < 1.29 is 4.79 Å². The average molecular weight is 455 g/mol. The number of carbonyl (C=O) groups is 1. The van der Waals surface area contributed by atoms with Crippen molar-refractivity contribution in [2.75, 3.05) is 11.1 Å². The Bertz CT molecular complexity index is 1510. The van der Waals surface area contributed by atoms with Crippen molar-refractivity contribution in [2.45, 2.75) is 18.5 Å². The molecular weight excluding hydrogens is 432 g/mol. The Morgan fingerprint density at radius 1 is 1.00 bits per heavy atom. The molecule has 1 amide bonds. The van der Waals surface area contributed by atoms with Gasteiger partial charge in [-0.3, -0.25) is 14.2 Å². The Morgan fingerprint density at radius 2 is 1.73 bits per heavy atom. The summed E-state index contributed by atoms with van der Waals surface area (Å²) in [4.78, 5) is 34.2. The number of amides is 1. The number of carbonyl (C=O) groups excluding carboxylic acids is 1. The summed E-state index contributed by atoms with van der Waals surface area (Å²) in [7, 11) is 0. The van der Waals surface area contributed by atoms with Crippen molar-refractivity contribution in [2.24, 2.45) is 0 Å². The highest BCUT2D eigenvalue weighted by Crippen LogP contribution is 2.26. The van der Waals surface area contributed by atoms with Crippen LogP contribution in [0.1, 0.15) is 12.5 Å². The molecule has 0 aliphatic rings. The van der Waals surface area contributed by atoms with Crippen LogP contribution < -0.4 is 10.9 Å². The Balaban J connectivity index is 1.51. The monoisotopic (exact) mass is 454 g/mol. The number of hydrogen-bond acceptors (Lipinski definition) is 4. The average Bonchev–Trinajstić information content (AvgIpc) is 3.23. The van der Waals surface area contributed by atoms with Crippen LogP contribution >= 0.6 is 11.8 Å². The third-order valence-electron chi connectivity index (χ3n) is 5.49. The van der Waals surface area contributed by atoms with Crippen LogP contribution in [0.3, 0.4) is 0 Å². The maximum absolute atomic E-state index is 13.5. The summed E-state index contributed by atoms with van der Waals surface area (Å²) in [5.41, 5.74) is 4.38. The van der Waals surface area contributed by atoms with Crippen molar-refractivity contribution >= 4 is 45.3 Å². The second-order valence-corrected chi connectivity index (χ2v) is 8.59. The molecule has 3 aromatic carbocycles. The van der Waals surface area contributed by atoms with E-state index in [1.54, 1.807) is 4.57 Å². The highest BCUT2D eigenvalue weighted by Gasteiger charge is 2.18. The maximum Gasteiger partial charge on any atom is 0.283 e. The number of para-hydroxylation sites is 2. The lowest BCUT2D eigenvalue weighted by molar-refractivity contribution is -0.113. The molecule has 0 bridgehead atoms. The Morgan fingerprint density at radius 3 is 2.48 bits per heavy atom. The molecule has 5 aromatic rings. The topological polar surface area (TPSA) is 79.8 Å². The molecule has 2 aromatic heterocycles. The number of benzene rings is 3. The molecule has 0 atom stereocenters. The van der Waals surface area contributed by atoms with Crippen LogP contribution in [0.2, 0.25) is 0 Å². The van der Waals surface area contributed by atoms with E-state index in [1.807, 2.05) is 78.9 Å². The fraction of sp³-hybridized carbons (Fsp3) is 0.115. The molecule has 0 aliphatic heterocycles. The number of nitrogens with zero attached hydrogens (tertiary/aromatic N) is 2. The third kappa shape index (κ3) is 4.15. The standard InChI is InChI=1S/C26H22N4O2S/c1-2-17-12-14-18(15-13-17)27-22(31)16-33-26-29-23-20-10-6-7-11-21(20)28-24(23)25(32)30(26)19-8-4-3-5-9-19/h3-15,28H,2,16H2,1H3,(H,27,31). The van der Waals surface area contributed by atoms with E-state index in [-0.39, 0.29) is 17.2 Å². The molecule has 33 heavy (non-hydrogen) atoms. The van der Waals surface area contributed by atoms with E-state index in [2.05, 4.69) is 17.2 Å². The number of nitrogens with one attached hydrogen (secondary N) is 2. The zero-order valence-electron chi connectivity index (χ0n) is 18.0. The van der Waals surface area contributed by atoms with Crippen LogP contribution in [0, 0.1) is 0 Å². The van der Waals surface area contributed by atoms with Crippen molar-refractivity contribution in [1.29, 1.82) is 0 Å². The quantitative estimate of drug-likeness (QED) is 0.274. The predicted octanol–water partition coefficient (Wildman–Crippen LogP) is 5.16. The fourth-order valence-corrected chi connectivity index (χ4v) is 4.60. The molecule has 0 aliphatic carbocycles. The van der Waals surface area contributed by atoms with Gasteiger partial charge < -0.3 is 10.3 Å². The van der Waals surface area contributed by atoms with Gasteiger partial charge >= 0.3 is 0 Å². The summed E-state index contributed by atoms with van der Waals surface area (Å²) in [5.74, 6) is -0.0278. The second kappa shape index (κ2) is 8.96. The summed E-state index contributed by atoms with van der Waals surface area (Å²) < 4.78 is 1.56. The Hall–Kier alpha value is -3.84. The van der Waals surface area contributed by atoms with Gasteiger partial charge in [-0.2, -0.15) is 0 Å². The van der Waals surface area contributed by atoms with Crippen LogP contribution in [0.15, 0.2) is 88.8 Å². The van der Waals surface area contributed by atoms with Crippen LogP contribution in [-0.2, 0) is 11.2 Å². The maximum atomic E-state index is 13.5. The molecular formula is C26H22N4O2S. The summed E-state index contributed by atoms with van der Waals surface area (Å²) in [6, 6.07) is 24.9. The number of anilines is 1. The van der Waals surface area contributed by atoms with Crippen LogP contribution in [0.25, 0.3) is 27.6 Å². The van der Waals surface area contributed by atoms with E-state index in [9.17, 15) is 9.59 Å². The van der Waals surface area contributed by atoms with Gasteiger partial charge in [-0.1, -0.05) is 67.2 Å². The number of aromatic amines is 1. The lowest BCUT2D eigenvalue weighted by atomic mass is 10.1. The minimum atomic E-state index is -0.194. The molecule has 164 valence electrons. The zero-order valence-corrected chi connectivity index (χ0v) is 18.9. The first-order valence-electron chi connectivity index (χ1n) is 10.7. The van der Waals surface area contributed by atoms with Crippen molar-refractivity contribution in [3.63, 3.8) is 0 Å². The molecule has 6 nitrogen and oxygen atoms in total. The largest absolute Gasteiger partial charge is 0.349 e. The molecule has 2 heterocycles. The highest BCUT2D eigenvalue weighted by molar-refractivity contribution is 7.99. The first-order chi connectivity index (χ1) is 16.1. The number of hydrogen-bond donors (Lipinski definition) is 2. The predicted molar refractivity (Wildman–Crippen MR) is 134 cm³/mol. The number of aromatic nitrogens is 3. The van der Waals surface area contributed by atoms with Crippen molar-refractivity contribution in [3.05, 3.63) is 94.8 Å². The van der Waals surface area contributed by atoms with Crippen LogP contribution in [0.4, 0.5) is 5.69 Å². The normalized spacial score (nSPS) is 11.2. The lowest BCUT2D eigenvalue weighted by Gasteiger charge is -2.12. The van der Waals surface area contributed by atoms with E-state index < -0.39 is 0 Å². The van der Waals surface area contributed by atoms with Crippen LogP contribution in [0.5, 0.6) is 0 Å². The Kier molecular flexibility index (Phi) is 5.71. The van der Waals surface area contributed by atoms with Gasteiger partial charge in [0.25, 0.3) is 5.56 Å². The van der Waals surface area contributed by atoms with Gasteiger partial charge in [0.1, 0.15) is 11.0 Å². The fourth-order valence-electron chi connectivity index (χ4n) is 3.79. The molecule has 7 heteroatoms.